The minimum absolute atomic E-state index is 0. The number of anilines is 1. The van der Waals surface area contributed by atoms with Gasteiger partial charge in [0, 0.05) is 18.8 Å². The summed E-state index contributed by atoms with van der Waals surface area (Å²) < 4.78 is 23.9. The summed E-state index contributed by atoms with van der Waals surface area (Å²) in [6.45, 7) is 0.680. The van der Waals surface area contributed by atoms with E-state index in [4.69, 9.17) is 5.73 Å². The van der Waals surface area contributed by atoms with Crippen LogP contribution in [0.1, 0.15) is 16.8 Å². The molecule has 19 heavy (non-hydrogen) atoms. The number of halogens is 1. The van der Waals surface area contributed by atoms with Crippen molar-refractivity contribution in [3.63, 3.8) is 0 Å². The van der Waals surface area contributed by atoms with Gasteiger partial charge in [-0.05, 0) is 18.6 Å². The maximum atomic E-state index is 11.7. The van der Waals surface area contributed by atoms with Crippen LogP contribution in [-0.2, 0) is 10.0 Å². The third-order valence-corrected chi connectivity index (χ3v) is 2.94. The van der Waals surface area contributed by atoms with Crippen LogP contribution in [0.15, 0.2) is 24.3 Å². The lowest BCUT2D eigenvalue weighted by Crippen LogP contribution is -2.29. The zero-order valence-electron chi connectivity index (χ0n) is 10.5. The summed E-state index contributed by atoms with van der Waals surface area (Å²) in [4.78, 5) is 11.7. The van der Waals surface area contributed by atoms with Gasteiger partial charge in [-0.3, -0.25) is 4.79 Å². The lowest BCUT2D eigenvalue weighted by Gasteiger charge is -2.07. The SMILES string of the molecule is CS(=O)(=O)NCCCNC(=O)c1ccccc1N.Cl. The number of carbonyl (C=O) groups excluding carboxylic acids is 1. The van der Waals surface area contributed by atoms with E-state index in [1.54, 1.807) is 24.3 Å². The molecule has 0 aliphatic rings. The number of para-hydroxylation sites is 1. The molecule has 0 radical (unpaired) electrons. The summed E-state index contributed by atoms with van der Waals surface area (Å²) in [5.74, 6) is -0.257. The lowest BCUT2D eigenvalue weighted by atomic mass is 10.1. The van der Waals surface area contributed by atoms with Crippen molar-refractivity contribution in [3.8, 4) is 0 Å². The van der Waals surface area contributed by atoms with E-state index in [1.807, 2.05) is 0 Å². The minimum Gasteiger partial charge on any atom is -0.398 e. The van der Waals surface area contributed by atoms with Crippen LogP contribution in [0, 0.1) is 0 Å². The summed E-state index contributed by atoms with van der Waals surface area (Å²) in [5.41, 5.74) is 6.50. The number of benzene rings is 1. The second-order valence-electron chi connectivity index (χ2n) is 3.86. The van der Waals surface area contributed by atoms with E-state index in [2.05, 4.69) is 10.0 Å². The standard InChI is InChI=1S/C11H17N3O3S.ClH/c1-18(16,17)14-8-4-7-13-11(15)9-5-2-3-6-10(9)12;/h2-3,5-6,14H,4,7-8,12H2,1H3,(H,13,15);1H. The molecule has 0 aliphatic carbocycles. The Hall–Kier alpha value is -1.31. The normalized spacial score (nSPS) is 10.6. The largest absolute Gasteiger partial charge is 0.398 e. The fourth-order valence-corrected chi connectivity index (χ4v) is 1.86. The van der Waals surface area contributed by atoms with Crippen molar-refractivity contribution in [1.82, 2.24) is 10.0 Å². The first-order valence-electron chi connectivity index (χ1n) is 5.47. The van der Waals surface area contributed by atoms with Gasteiger partial charge >= 0.3 is 0 Å². The van der Waals surface area contributed by atoms with E-state index in [-0.39, 0.29) is 18.3 Å². The van der Waals surface area contributed by atoms with Crippen LogP contribution in [0.5, 0.6) is 0 Å². The molecule has 0 aromatic heterocycles. The van der Waals surface area contributed by atoms with Crippen molar-refractivity contribution >= 4 is 34.0 Å². The maximum absolute atomic E-state index is 11.7. The highest BCUT2D eigenvalue weighted by molar-refractivity contribution is 7.88. The number of nitrogens with one attached hydrogen (secondary N) is 2. The molecule has 8 heteroatoms. The van der Waals surface area contributed by atoms with Crippen LogP contribution < -0.4 is 15.8 Å². The Morgan fingerprint density at radius 2 is 1.89 bits per heavy atom. The average molecular weight is 308 g/mol. The van der Waals surface area contributed by atoms with Crippen molar-refractivity contribution in [2.45, 2.75) is 6.42 Å². The predicted molar refractivity (Wildman–Crippen MR) is 77.9 cm³/mol. The Kier molecular flexibility index (Phi) is 7.43. The van der Waals surface area contributed by atoms with Crippen LogP contribution in [0.25, 0.3) is 0 Å². The molecule has 1 aromatic rings. The number of hydrogen-bond donors (Lipinski definition) is 3. The van der Waals surface area contributed by atoms with Crippen LogP contribution >= 0.6 is 12.4 Å². The van der Waals surface area contributed by atoms with Gasteiger partial charge in [0.25, 0.3) is 5.91 Å². The first-order valence-corrected chi connectivity index (χ1v) is 7.36. The third-order valence-electron chi connectivity index (χ3n) is 2.21. The van der Waals surface area contributed by atoms with Crippen molar-refractivity contribution in [2.24, 2.45) is 0 Å². The lowest BCUT2D eigenvalue weighted by molar-refractivity contribution is 0.0954. The number of rotatable bonds is 6. The molecule has 0 aliphatic heterocycles. The van der Waals surface area contributed by atoms with Crippen LogP contribution in [0.4, 0.5) is 5.69 Å². The number of carbonyl (C=O) groups is 1. The molecule has 0 fully saturated rings. The fourth-order valence-electron chi connectivity index (χ4n) is 1.35. The highest BCUT2D eigenvalue weighted by atomic mass is 35.5. The fraction of sp³-hybridized carbons (Fsp3) is 0.364. The molecule has 0 saturated carbocycles. The Balaban J connectivity index is 0.00000324. The molecule has 0 spiro atoms. The molecule has 4 N–H and O–H groups in total. The van der Waals surface area contributed by atoms with Gasteiger partial charge in [0.15, 0.2) is 0 Å². The molecule has 0 atom stereocenters. The van der Waals surface area contributed by atoms with E-state index in [9.17, 15) is 13.2 Å². The van der Waals surface area contributed by atoms with Gasteiger partial charge < -0.3 is 11.1 Å². The van der Waals surface area contributed by atoms with Crippen molar-refractivity contribution < 1.29 is 13.2 Å². The zero-order chi connectivity index (χ0) is 13.6. The summed E-state index contributed by atoms with van der Waals surface area (Å²) in [7, 11) is -3.17. The Morgan fingerprint density at radius 1 is 1.26 bits per heavy atom. The second-order valence-corrected chi connectivity index (χ2v) is 5.70. The first-order chi connectivity index (χ1) is 8.40. The number of nitrogen functional groups attached to an aromatic ring is 1. The van der Waals surface area contributed by atoms with Gasteiger partial charge in [-0.1, -0.05) is 12.1 Å². The number of amides is 1. The van der Waals surface area contributed by atoms with Gasteiger partial charge in [-0.2, -0.15) is 0 Å². The van der Waals surface area contributed by atoms with Gasteiger partial charge in [0.2, 0.25) is 10.0 Å². The third kappa shape index (κ3) is 7.00. The van der Waals surface area contributed by atoms with Gasteiger partial charge in [0.05, 0.1) is 11.8 Å². The number of nitrogens with two attached hydrogens (primary N) is 1. The monoisotopic (exact) mass is 307 g/mol. The Bertz CT molecular complexity index is 520. The maximum Gasteiger partial charge on any atom is 0.253 e. The highest BCUT2D eigenvalue weighted by Crippen LogP contribution is 2.09. The van der Waals surface area contributed by atoms with Crippen molar-refractivity contribution in [2.75, 3.05) is 25.1 Å². The van der Waals surface area contributed by atoms with Crippen molar-refractivity contribution in [1.29, 1.82) is 0 Å². The number of sulfonamides is 1. The molecule has 0 saturated heterocycles. The molecule has 1 amide bonds. The van der Waals surface area contributed by atoms with Crippen LogP contribution in [0.2, 0.25) is 0 Å². The molecular weight excluding hydrogens is 290 g/mol. The molecule has 6 nitrogen and oxygen atoms in total. The van der Waals surface area contributed by atoms with Crippen LogP contribution in [0.3, 0.4) is 0 Å². The highest BCUT2D eigenvalue weighted by Gasteiger charge is 2.07. The molecule has 108 valence electrons. The molecule has 1 aromatic carbocycles. The quantitative estimate of drug-likeness (QED) is 0.521. The smallest absolute Gasteiger partial charge is 0.253 e. The summed E-state index contributed by atoms with van der Waals surface area (Å²) in [5, 5.41) is 2.67. The Morgan fingerprint density at radius 3 is 2.47 bits per heavy atom. The predicted octanol–water partition coefficient (Wildman–Crippen LogP) is 0.360. The Labute approximate surface area is 119 Å². The zero-order valence-corrected chi connectivity index (χ0v) is 12.2. The molecule has 0 heterocycles. The molecule has 0 bridgehead atoms. The van der Waals surface area contributed by atoms with Gasteiger partial charge in [-0.25, -0.2) is 13.1 Å². The van der Waals surface area contributed by atoms with E-state index in [0.29, 0.717) is 30.8 Å². The summed E-state index contributed by atoms with van der Waals surface area (Å²) >= 11 is 0. The minimum atomic E-state index is -3.17. The second kappa shape index (κ2) is 7.98. The van der Waals surface area contributed by atoms with E-state index in [1.165, 1.54) is 0 Å². The van der Waals surface area contributed by atoms with E-state index in [0.717, 1.165) is 6.26 Å². The topological polar surface area (TPSA) is 101 Å². The van der Waals surface area contributed by atoms with Crippen molar-refractivity contribution in [3.05, 3.63) is 29.8 Å². The average Bonchev–Trinajstić information content (AvgIpc) is 2.27. The molecular formula is C11H18ClN3O3S. The van der Waals surface area contributed by atoms with E-state index >= 15 is 0 Å². The van der Waals surface area contributed by atoms with Gasteiger partial charge in [0.1, 0.15) is 0 Å². The van der Waals surface area contributed by atoms with Crippen LogP contribution in [-0.4, -0.2) is 33.7 Å². The summed E-state index contributed by atoms with van der Waals surface area (Å²) in [6, 6.07) is 6.78. The first kappa shape index (κ1) is 17.7. The number of hydrogen-bond acceptors (Lipinski definition) is 4. The molecule has 0 unspecified atom stereocenters. The summed E-state index contributed by atoms with van der Waals surface area (Å²) in [6.07, 6.45) is 1.61. The van der Waals surface area contributed by atoms with Gasteiger partial charge in [-0.15, -0.1) is 12.4 Å². The van der Waals surface area contributed by atoms with E-state index < -0.39 is 10.0 Å². The molecule has 1 rings (SSSR count).